The molecule has 2 N–H and O–H groups in total. The molecule has 2 aliphatic rings. The maximum atomic E-state index is 14.8. The van der Waals surface area contributed by atoms with Gasteiger partial charge in [-0.3, -0.25) is 4.79 Å². The van der Waals surface area contributed by atoms with E-state index >= 15 is 0 Å². The molecular weight excluding hydrogens is 467 g/mol. The van der Waals surface area contributed by atoms with Gasteiger partial charge in [-0.15, -0.1) is 0 Å². The molecule has 1 aliphatic carbocycles. The highest BCUT2D eigenvalue weighted by Crippen LogP contribution is 2.37. The molecule has 1 saturated heterocycles. The summed E-state index contributed by atoms with van der Waals surface area (Å²) in [5.74, 6) is 4.41. The fourth-order valence-electron chi connectivity index (χ4n) is 4.25. The lowest BCUT2D eigenvalue weighted by Gasteiger charge is -2.21. The summed E-state index contributed by atoms with van der Waals surface area (Å²) in [5.41, 5.74) is -0.838. The average Bonchev–Trinajstić information content (AvgIpc) is 3.54. The van der Waals surface area contributed by atoms with Gasteiger partial charge in [0.05, 0.1) is 17.5 Å². The predicted molar refractivity (Wildman–Crippen MR) is 131 cm³/mol. The molecule has 2 unspecified atom stereocenters. The molecule has 192 valence electrons. The van der Waals surface area contributed by atoms with Crippen molar-refractivity contribution in [1.29, 1.82) is 0 Å². The first-order chi connectivity index (χ1) is 17.1. The third kappa shape index (κ3) is 5.85. The van der Waals surface area contributed by atoms with Crippen LogP contribution in [0.2, 0.25) is 0 Å². The number of carbonyl (C=O) groups is 2. The highest BCUT2D eigenvalue weighted by molar-refractivity contribution is 5.95. The van der Waals surface area contributed by atoms with Crippen LogP contribution in [-0.2, 0) is 9.47 Å². The number of rotatable bonds is 5. The van der Waals surface area contributed by atoms with Crippen molar-refractivity contribution in [2.45, 2.75) is 77.1 Å². The molecule has 2 atom stereocenters. The van der Waals surface area contributed by atoms with E-state index in [2.05, 4.69) is 27.5 Å². The monoisotopic (exact) mass is 498 g/mol. The van der Waals surface area contributed by atoms with Crippen LogP contribution in [0.3, 0.4) is 0 Å². The number of hydrogen-bond donors (Lipinski definition) is 2. The Morgan fingerprint density at radius 2 is 2.08 bits per heavy atom. The van der Waals surface area contributed by atoms with E-state index in [0.717, 1.165) is 19.0 Å². The Balaban J connectivity index is 1.55. The first-order valence-electron chi connectivity index (χ1n) is 12.2. The predicted octanol–water partition coefficient (Wildman–Crippen LogP) is 3.04. The molecule has 2 aromatic rings. The van der Waals surface area contributed by atoms with Crippen LogP contribution in [0.15, 0.2) is 17.2 Å². The van der Waals surface area contributed by atoms with Gasteiger partial charge < -0.3 is 24.7 Å². The Labute approximate surface area is 208 Å². The minimum Gasteiger partial charge on any atom is -0.462 e. The van der Waals surface area contributed by atoms with Crippen molar-refractivity contribution in [3.63, 3.8) is 0 Å². The summed E-state index contributed by atoms with van der Waals surface area (Å²) in [7, 11) is 0. The zero-order chi connectivity index (χ0) is 26.0. The topological polar surface area (TPSA) is 112 Å². The van der Waals surface area contributed by atoms with Gasteiger partial charge in [0.15, 0.2) is 0 Å². The molecule has 1 saturated carbocycles. The minimum atomic E-state index is -0.767. The Hall–Kier alpha value is -3.45. The van der Waals surface area contributed by atoms with Crippen LogP contribution in [-0.4, -0.2) is 52.4 Å². The normalized spacial score (nSPS) is 19.5. The molecule has 0 aromatic carbocycles. The fourth-order valence-corrected chi connectivity index (χ4v) is 4.25. The molecule has 9 nitrogen and oxygen atoms in total. The van der Waals surface area contributed by atoms with Crippen molar-refractivity contribution in [2.75, 3.05) is 13.2 Å². The highest BCUT2D eigenvalue weighted by Gasteiger charge is 2.30. The van der Waals surface area contributed by atoms with E-state index in [-0.39, 0.29) is 41.2 Å². The summed E-state index contributed by atoms with van der Waals surface area (Å²) >= 11 is 0. The molecule has 10 heteroatoms. The van der Waals surface area contributed by atoms with Crippen LogP contribution in [0.25, 0.3) is 10.9 Å². The second-order valence-electron chi connectivity index (χ2n) is 10.1. The minimum absolute atomic E-state index is 0.00414. The third-order valence-electron chi connectivity index (χ3n) is 5.96. The number of pyridine rings is 2. The summed E-state index contributed by atoms with van der Waals surface area (Å²) in [6.45, 7) is 7.80. The van der Waals surface area contributed by atoms with E-state index in [4.69, 9.17) is 9.47 Å². The van der Waals surface area contributed by atoms with Gasteiger partial charge in [0.2, 0.25) is 11.4 Å². The number of hydrogen-bond acceptors (Lipinski definition) is 7. The summed E-state index contributed by atoms with van der Waals surface area (Å²) in [6, 6.07) is -0.0340. The van der Waals surface area contributed by atoms with Crippen molar-refractivity contribution in [2.24, 2.45) is 0 Å². The second kappa shape index (κ2) is 10.3. The van der Waals surface area contributed by atoms with Crippen LogP contribution < -0.4 is 16.1 Å². The summed E-state index contributed by atoms with van der Waals surface area (Å²) in [4.78, 5) is 41.1. The number of alkyl carbamates (subject to hydrolysis) is 1. The molecule has 3 heterocycles. The molecule has 0 spiro atoms. The van der Waals surface area contributed by atoms with Crippen LogP contribution >= 0.6 is 0 Å². The van der Waals surface area contributed by atoms with Gasteiger partial charge in [-0.2, -0.15) is 4.39 Å². The molecule has 1 amide bonds. The zero-order valence-corrected chi connectivity index (χ0v) is 20.9. The van der Waals surface area contributed by atoms with Gasteiger partial charge >= 0.3 is 12.1 Å². The number of nitrogens with one attached hydrogen (secondary N) is 2. The van der Waals surface area contributed by atoms with E-state index in [1.54, 1.807) is 32.3 Å². The number of esters is 1. The van der Waals surface area contributed by atoms with Crippen molar-refractivity contribution < 1.29 is 23.5 Å². The van der Waals surface area contributed by atoms with Crippen LogP contribution in [0, 0.1) is 17.8 Å². The largest absolute Gasteiger partial charge is 0.462 e. The van der Waals surface area contributed by atoms with Gasteiger partial charge in [0.1, 0.15) is 16.7 Å². The first kappa shape index (κ1) is 25.6. The van der Waals surface area contributed by atoms with E-state index < -0.39 is 29.0 Å². The molecule has 4 rings (SSSR count). The van der Waals surface area contributed by atoms with Crippen molar-refractivity contribution in [1.82, 2.24) is 20.2 Å². The van der Waals surface area contributed by atoms with Crippen molar-refractivity contribution >= 4 is 23.0 Å². The Morgan fingerprint density at radius 3 is 2.75 bits per heavy atom. The van der Waals surface area contributed by atoms with Crippen molar-refractivity contribution in [3.8, 4) is 11.8 Å². The number of carbonyl (C=O) groups excluding carboxylic acids is 2. The van der Waals surface area contributed by atoms with E-state index in [0.29, 0.717) is 24.9 Å². The number of amides is 1. The summed E-state index contributed by atoms with van der Waals surface area (Å²) < 4.78 is 26.9. The number of ether oxygens (including phenoxy) is 2. The van der Waals surface area contributed by atoms with Gasteiger partial charge in [-0.1, -0.05) is 11.8 Å². The Bertz CT molecular complexity index is 1300. The van der Waals surface area contributed by atoms with E-state index in [1.807, 2.05) is 0 Å². The smallest absolute Gasteiger partial charge is 0.407 e. The molecule has 2 fully saturated rings. The lowest BCUT2D eigenvalue weighted by atomic mass is 10.1. The van der Waals surface area contributed by atoms with Crippen LogP contribution in [0.1, 0.15) is 75.3 Å². The molecule has 0 bridgehead atoms. The number of fused-ring (bicyclic) bond motifs is 1. The second-order valence-corrected chi connectivity index (χ2v) is 10.1. The molecule has 2 aromatic heterocycles. The quantitative estimate of drug-likeness (QED) is 0.370. The van der Waals surface area contributed by atoms with Gasteiger partial charge in [-0.25, -0.2) is 14.6 Å². The summed E-state index contributed by atoms with van der Waals surface area (Å²) in [5, 5.41) is 6.29. The molecule has 1 aliphatic heterocycles. The van der Waals surface area contributed by atoms with Crippen LogP contribution in [0.5, 0.6) is 0 Å². The lowest BCUT2D eigenvalue weighted by molar-refractivity contribution is 0.0502. The van der Waals surface area contributed by atoms with E-state index in [9.17, 15) is 18.8 Å². The fraction of sp³-hybridized carbons (Fsp3) is 0.538. The Kier molecular flexibility index (Phi) is 7.31. The van der Waals surface area contributed by atoms with E-state index in [1.165, 1.54) is 6.20 Å². The zero-order valence-electron chi connectivity index (χ0n) is 20.9. The van der Waals surface area contributed by atoms with Gasteiger partial charge in [0.25, 0.3) is 0 Å². The maximum absolute atomic E-state index is 14.8. The van der Waals surface area contributed by atoms with Crippen molar-refractivity contribution in [3.05, 3.63) is 39.7 Å². The van der Waals surface area contributed by atoms with Gasteiger partial charge in [-0.05, 0) is 47.0 Å². The maximum Gasteiger partial charge on any atom is 0.407 e. The molecule has 0 radical (unpaired) electrons. The standard InChI is InChI=1S/C26H31FN4O5/c1-5-35-24(33)20-14-31(17-9-10-17)21-18(23(27)29-13-19(21)22(20)32)8-6-7-15-11-16(12-28-15)30-25(34)36-26(2,3)4/h13-17,28H,5,7,9-12H2,1-4H3,(H,30,34). The number of aromatic nitrogens is 2. The number of nitrogens with zero attached hydrogens (tertiary/aromatic N) is 2. The lowest BCUT2D eigenvalue weighted by Crippen LogP contribution is -2.40. The Morgan fingerprint density at radius 1 is 1.33 bits per heavy atom. The molecule has 36 heavy (non-hydrogen) atoms. The highest BCUT2D eigenvalue weighted by atomic mass is 19.1. The van der Waals surface area contributed by atoms with Crippen LogP contribution in [0.4, 0.5) is 9.18 Å². The average molecular weight is 499 g/mol. The SMILES string of the molecule is CCOC(=O)c1cn(C2CC2)c2c(C#CCC3CC(NC(=O)OC(C)(C)C)CN3)c(F)ncc2c1=O. The third-order valence-corrected chi connectivity index (χ3v) is 5.96. The summed E-state index contributed by atoms with van der Waals surface area (Å²) in [6.07, 6.45) is 4.92. The first-order valence-corrected chi connectivity index (χ1v) is 12.2. The molecular formula is C26H31FN4O5. The number of halogens is 1. The van der Waals surface area contributed by atoms with Gasteiger partial charge in [0, 0.05) is 43.5 Å².